The third-order valence-electron chi connectivity index (χ3n) is 8.42. The molecule has 0 aliphatic heterocycles. The number of amides is 2. The van der Waals surface area contributed by atoms with Gasteiger partial charge >= 0.3 is 6.03 Å². The highest BCUT2D eigenvalue weighted by Gasteiger charge is 2.30. The van der Waals surface area contributed by atoms with Crippen molar-refractivity contribution in [1.82, 2.24) is 24.8 Å². The number of sulfonamides is 1. The number of carbonyl (C=O) groups excluding carboxylic acids is 1. The molecule has 0 fully saturated rings. The van der Waals surface area contributed by atoms with Gasteiger partial charge in [0.05, 0.1) is 37.0 Å². The van der Waals surface area contributed by atoms with Gasteiger partial charge in [0.2, 0.25) is 10.0 Å². The van der Waals surface area contributed by atoms with Crippen LogP contribution in [0.1, 0.15) is 81.1 Å². The Labute approximate surface area is 283 Å². The van der Waals surface area contributed by atoms with Crippen molar-refractivity contribution < 1.29 is 22.7 Å². The minimum absolute atomic E-state index is 0.201. The first-order chi connectivity index (χ1) is 22.7. The number of ether oxygens (including phenoxy) is 2. The summed E-state index contributed by atoms with van der Waals surface area (Å²) >= 11 is 0. The number of anilines is 2. The number of hydrogen-bond acceptors (Lipinski definition) is 8. The summed E-state index contributed by atoms with van der Waals surface area (Å²) in [6.45, 7) is 7.07. The minimum Gasteiger partial charge on any atom is -0.492 e. The van der Waals surface area contributed by atoms with Crippen molar-refractivity contribution in [2.45, 2.75) is 70.4 Å². The van der Waals surface area contributed by atoms with Crippen molar-refractivity contribution >= 4 is 33.1 Å². The van der Waals surface area contributed by atoms with E-state index < -0.39 is 16.1 Å². The van der Waals surface area contributed by atoms with E-state index in [4.69, 9.17) is 9.47 Å². The molecule has 4 aromatic rings. The standard InChI is InChI=1S/C35H47N7O5S/c1-35(2,3)23-20-28(33(46-6)29(21-23)40-48(7,44)45)37-34(43)36-27-16-17-30(26-13-9-8-12-25(26)27)47-24-15-18-32-39-38-31(42(32)22-24)14-10-11-19-41(4)5/h8-9,12-13,15,18,20-22,27,30,40H,10-11,14,16-17,19H2,1-7H3,(H2,36,37,43)/t27-,30+/m0/s1. The van der Waals surface area contributed by atoms with Crippen LogP contribution in [0.5, 0.6) is 11.5 Å². The normalized spacial score (nSPS) is 16.4. The number of benzene rings is 2. The molecule has 0 saturated heterocycles. The van der Waals surface area contributed by atoms with Crippen LogP contribution in [0, 0.1) is 0 Å². The van der Waals surface area contributed by atoms with Crippen molar-refractivity contribution in [2.24, 2.45) is 0 Å². The van der Waals surface area contributed by atoms with Crippen LogP contribution >= 0.6 is 0 Å². The van der Waals surface area contributed by atoms with Crippen molar-refractivity contribution in [3.05, 3.63) is 77.2 Å². The van der Waals surface area contributed by atoms with Crippen LogP contribution in [0.2, 0.25) is 0 Å². The molecule has 2 aromatic carbocycles. The van der Waals surface area contributed by atoms with Crippen molar-refractivity contribution in [2.75, 3.05) is 44.0 Å². The fourth-order valence-electron chi connectivity index (χ4n) is 6.02. The Morgan fingerprint density at radius 2 is 1.75 bits per heavy atom. The molecule has 3 N–H and O–H groups in total. The number of methoxy groups -OCH3 is 1. The van der Waals surface area contributed by atoms with Gasteiger partial charge in [-0.15, -0.1) is 10.2 Å². The molecule has 2 amide bonds. The number of aryl methyl sites for hydroxylation is 1. The molecule has 0 radical (unpaired) electrons. The maximum Gasteiger partial charge on any atom is 0.319 e. The Morgan fingerprint density at radius 1 is 1.02 bits per heavy atom. The van der Waals surface area contributed by atoms with Crippen LogP contribution < -0.4 is 24.8 Å². The number of urea groups is 1. The maximum absolute atomic E-state index is 13.5. The highest BCUT2D eigenvalue weighted by atomic mass is 32.2. The Balaban J connectivity index is 1.32. The summed E-state index contributed by atoms with van der Waals surface area (Å²) in [6, 6.07) is 14.7. The number of aromatic nitrogens is 3. The van der Waals surface area contributed by atoms with Crippen LogP contribution in [0.25, 0.3) is 5.65 Å². The van der Waals surface area contributed by atoms with Gasteiger partial charge in [0.25, 0.3) is 0 Å². The summed E-state index contributed by atoms with van der Waals surface area (Å²) in [5.41, 5.74) is 3.89. The molecule has 5 rings (SSSR count). The average Bonchev–Trinajstić information content (AvgIpc) is 3.41. The summed E-state index contributed by atoms with van der Waals surface area (Å²) in [5.74, 6) is 1.87. The first-order valence-corrected chi connectivity index (χ1v) is 18.1. The average molecular weight is 678 g/mol. The van der Waals surface area contributed by atoms with E-state index >= 15 is 0 Å². The smallest absolute Gasteiger partial charge is 0.319 e. The third-order valence-corrected chi connectivity index (χ3v) is 9.01. The van der Waals surface area contributed by atoms with Crippen LogP contribution in [0.3, 0.4) is 0 Å². The van der Waals surface area contributed by atoms with Gasteiger partial charge in [0.15, 0.2) is 11.4 Å². The van der Waals surface area contributed by atoms with Gasteiger partial charge in [0.1, 0.15) is 17.7 Å². The lowest BCUT2D eigenvalue weighted by atomic mass is 9.85. The summed E-state index contributed by atoms with van der Waals surface area (Å²) in [5, 5.41) is 14.8. The topological polar surface area (TPSA) is 139 Å². The largest absolute Gasteiger partial charge is 0.492 e. The molecule has 48 heavy (non-hydrogen) atoms. The summed E-state index contributed by atoms with van der Waals surface area (Å²) < 4.78 is 40.9. The predicted molar refractivity (Wildman–Crippen MR) is 189 cm³/mol. The number of nitrogens with zero attached hydrogens (tertiary/aromatic N) is 4. The second-order valence-electron chi connectivity index (χ2n) is 13.7. The maximum atomic E-state index is 13.5. The molecule has 2 atom stereocenters. The zero-order chi connectivity index (χ0) is 34.6. The first-order valence-electron chi connectivity index (χ1n) is 16.2. The van der Waals surface area contributed by atoms with Gasteiger partial charge in [0, 0.05) is 6.42 Å². The van der Waals surface area contributed by atoms with Gasteiger partial charge in [-0.05, 0) is 92.7 Å². The van der Waals surface area contributed by atoms with Crippen LogP contribution in [0.4, 0.5) is 16.2 Å². The highest BCUT2D eigenvalue weighted by molar-refractivity contribution is 7.92. The molecule has 2 aromatic heterocycles. The molecule has 0 unspecified atom stereocenters. The fourth-order valence-corrected chi connectivity index (χ4v) is 6.58. The molecule has 1 aliphatic carbocycles. The lowest BCUT2D eigenvalue weighted by Crippen LogP contribution is -2.35. The van der Waals surface area contributed by atoms with Gasteiger partial charge in [-0.2, -0.15) is 0 Å². The van der Waals surface area contributed by atoms with E-state index in [0.29, 0.717) is 18.5 Å². The van der Waals surface area contributed by atoms with Crippen LogP contribution in [0.15, 0.2) is 54.7 Å². The minimum atomic E-state index is -3.60. The number of pyridine rings is 1. The number of nitrogens with one attached hydrogen (secondary N) is 3. The molecular formula is C35H47N7O5S. The molecule has 0 bridgehead atoms. The van der Waals surface area contributed by atoms with Crippen molar-refractivity contribution in [1.29, 1.82) is 0 Å². The van der Waals surface area contributed by atoms with E-state index in [2.05, 4.69) is 44.5 Å². The molecule has 12 nitrogen and oxygen atoms in total. The molecule has 13 heteroatoms. The zero-order valence-electron chi connectivity index (χ0n) is 28.8. The van der Waals surface area contributed by atoms with Crippen molar-refractivity contribution in [3.8, 4) is 11.5 Å². The van der Waals surface area contributed by atoms with E-state index in [0.717, 1.165) is 66.0 Å². The van der Waals surface area contributed by atoms with Crippen molar-refractivity contribution in [3.63, 3.8) is 0 Å². The Bertz CT molecular complexity index is 1870. The molecule has 0 saturated carbocycles. The molecule has 2 heterocycles. The molecule has 258 valence electrons. The number of hydrogen-bond donors (Lipinski definition) is 3. The van der Waals surface area contributed by atoms with Crippen LogP contribution in [-0.4, -0.2) is 68.0 Å². The van der Waals surface area contributed by atoms with Gasteiger partial charge < -0.3 is 25.0 Å². The second kappa shape index (κ2) is 14.4. The third kappa shape index (κ3) is 8.56. The van der Waals surface area contributed by atoms with Gasteiger partial charge in [-0.25, -0.2) is 13.2 Å². The van der Waals surface area contributed by atoms with E-state index in [9.17, 15) is 13.2 Å². The Morgan fingerprint density at radius 3 is 2.44 bits per heavy atom. The van der Waals surface area contributed by atoms with Crippen LogP contribution in [-0.2, 0) is 21.9 Å². The van der Waals surface area contributed by atoms with Gasteiger partial charge in [-0.1, -0.05) is 45.0 Å². The van der Waals surface area contributed by atoms with E-state index in [1.165, 1.54) is 7.11 Å². The molecule has 0 spiro atoms. The quantitative estimate of drug-likeness (QED) is 0.154. The lowest BCUT2D eigenvalue weighted by Gasteiger charge is -2.32. The zero-order valence-corrected chi connectivity index (χ0v) is 29.6. The molecular weight excluding hydrogens is 630 g/mol. The molecule has 1 aliphatic rings. The van der Waals surface area contributed by atoms with E-state index in [-0.39, 0.29) is 29.0 Å². The van der Waals surface area contributed by atoms with Gasteiger partial charge in [-0.3, -0.25) is 9.12 Å². The number of rotatable bonds is 12. The van der Waals surface area contributed by atoms with E-state index in [1.807, 2.05) is 73.8 Å². The lowest BCUT2D eigenvalue weighted by molar-refractivity contribution is 0.171. The summed E-state index contributed by atoms with van der Waals surface area (Å²) in [7, 11) is 2.00. The monoisotopic (exact) mass is 677 g/mol. The number of fused-ring (bicyclic) bond motifs is 2. The SMILES string of the molecule is COc1c(NC(=O)N[C@H]2CC[C@@H](Oc3ccc4nnc(CCCCN(C)C)n4c3)c3ccccc32)cc(C(C)(C)C)cc1NS(C)(=O)=O. The Kier molecular flexibility index (Phi) is 10.5. The second-order valence-corrected chi connectivity index (χ2v) is 15.4. The highest BCUT2D eigenvalue weighted by Crippen LogP contribution is 2.41. The summed E-state index contributed by atoms with van der Waals surface area (Å²) in [6.07, 6.45) is 7.12. The number of carbonyl (C=O) groups is 1. The Hall–Kier alpha value is -4.36. The fraction of sp³-hybridized carbons (Fsp3) is 0.457. The summed E-state index contributed by atoms with van der Waals surface area (Å²) in [4.78, 5) is 15.7. The van der Waals surface area contributed by atoms with E-state index in [1.54, 1.807) is 6.07 Å². The number of unbranched alkanes of at least 4 members (excludes halogenated alkanes) is 1. The first kappa shape index (κ1) is 35.0. The predicted octanol–water partition coefficient (Wildman–Crippen LogP) is 6.07.